The predicted molar refractivity (Wildman–Crippen MR) is 81.5 cm³/mol. The maximum atomic E-state index is 14.2. The lowest BCUT2D eigenvalue weighted by Gasteiger charge is -2.39. The van der Waals surface area contributed by atoms with Gasteiger partial charge in [-0.2, -0.15) is 0 Å². The molecule has 2 aromatic rings. The van der Waals surface area contributed by atoms with Gasteiger partial charge in [0.2, 0.25) is 6.41 Å². The zero-order chi connectivity index (χ0) is 14.7. The molecule has 0 bridgehead atoms. The van der Waals surface area contributed by atoms with Crippen molar-refractivity contribution in [1.82, 2.24) is 0 Å². The van der Waals surface area contributed by atoms with Gasteiger partial charge in [0.1, 0.15) is 5.82 Å². The topological polar surface area (TPSA) is 20.3 Å². The number of hydrogen-bond donors (Lipinski definition) is 0. The monoisotopic (exact) mass is 283 g/mol. The molecule has 0 aromatic heterocycles. The van der Waals surface area contributed by atoms with Crippen LogP contribution in [0.25, 0.3) is 0 Å². The molecule has 0 N–H and O–H groups in total. The van der Waals surface area contributed by atoms with Crippen molar-refractivity contribution in [3.05, 3.63) is 66.0 Å². The molecule has 0 aliphatic heterocycles. The molecule has 1 aliphatic rings. The number of carbonyl (C=O) groups is 1. The summed E-state index contributed by atoms with van der Waals surface area (Å²) in [4.78, 5) is 13.4. The van der Waals surface area contributed by atoms with E-state index in [-0.39, 0.29) is 5.82 Å². The first-order valence-electron chi connectivity index (χ1n) is 7.33. The van der Waals surface area contributed by atoms with E-state index in [1.165, 1.54) is 6.07 Å². The molecule has 1 saturated carbocycles. The Morgan fingerprint density at radius 1 is 0.952 bits per heavy atom. The standard InChI is InChI=1S/C18H18FNO/c19-16-10-4-5-11-17(16)20(14-21)18(12-6-7-13-18)15-8-2-1-3-9-15/h1-5,8-11,14H,6-7,12-13H2. The minimum atomic E-state index is -0.425. The number of benzene rings is 2. The summed E-state index contributed by atoms with van der Waals surface area (Å²) in [7, 11) is 0. The van der Waals surface area contributed by atoms with E-state index < -0.39 is 5.54 Å². The van der Waals surface area contributed by atoms with E-state index in [4.69, 9.17) is 0 Å². The highest BCUT2D eigenvalue weighted by molar-refractivity contribution is 5.78. The minimum absolute atomic E-state index is 0.355. The molecule has 21 heavy (non-hydrogen) atoms. The van der Waals surface area contributed by atoms with Gasteiger partial charge in [0.05, 0.1) is 11.2 Å². The van der Waals surface area contributed by atoms with E-state index in [0.717, 1.165) is 37.7 Å². The van der Waals surface area contributed by atoms with Crippen molar-refractivity contribution in [1.29, 1.82) is 0 Å². The molecule has 1 aliphatic carbocycles. The Balaban J connectivity index is 2.12. The van der Waals surface area contributed by atoms with Crippen LogP contribution >= 0.6 is 0 Å². The fourth-order valence-corrected chi connectivity index (χ4v) is 3.41. The second-order valence-electron chi connectivity index (χ2n) is 5.53. The van der Waals surface area contributed by atoms with Crippen LogP contribution in [-0.4, -0.2) is 6.41 Å². The van der Waals surface area contributed by atoms with Crippen molar-refractivity contribution in [3.8, 4) is 0 Å². The summed E-state index contributed by atoms with van der Waals surface area (Å²) in [5.41, 5.74) is 1.02. The van der Waals surface area contributed by atoms with Gasteiger partial charge in [-0.1, -0.05) is 55.3 Å². The Bertz CT molecular complexity index is 620. The molecule has 0 heterocycles. The molecule has 1 amide bonds. The second kappa shape index (κ2) is 5.68. The number of nitrogens with zero attached hydrogens (tertiary/aromatic N) is 1. The Hall–Kier alpha value is -2.16. The van der Waals surface area contributed by atoms with Crippen LogP contribution in [0.15, 0.2) is 54.6 Å². The first kappa shape index (κ1) is 13.8. The van der Waals surface area contributed by atoms with Crippen molar-refractivity contribution >= 4 is 12.1 Å². The molecule has 3 rings (SSSR count). The van der Waals surface area contributed by atoms with Crippen molar-refractivity contribution in [2.75, 3.05) is 4.90 Å². The first-order valence-corrected chi connectivity index (χ1v) is 7.33. The van der Waals surface area contributed by atoms with Gasteiger partial charge in [0.15, 0.2) is 0 Å². The molecule has 3 heteroatoms. The Morgan fingerprint density at radius 3 is 2.19 bits per heavy atom. The fraction of sp³-hybridized carbons (Fsp3) is 0.278. The third kappa shape index (κ3) is 2.33. The third-order valence-electron chi connectivity index (χ3n) is 4.42. The number of anilines is 1. The molecular weight excluding hydrogens is 265 g/mol. The number of hydrogen-bond acceptors (Lipinski definition) is 1. The average Bonchev–Trinajstić information content (AvgIpc) is 3.01. The summed E-state index contributed by atoms with van der Waals surface area (Å²) < 4.78 is 14.2. The van der Waals surface area contributed by atoms with Gasteiger partial charge in [0.25, 0.3) is 0 Å². The van der Waals surface area contributed by atoms with E-state index in [1.54, 1.807) is 23.1 Å². The zero-order valence-electron chi connectivity index (χ0n) is 11.8. The second-order valence-corrected chi connectivity index (χ2v) is 5.53. The van der Waals surface area contributed by atoms with Crippen LogP contribution in [0.1, 0.15) is 31.2 Å². The summed E-state index contributed by atoms with van der Waals surface area (Å²) in [5, 5.41) is 0. The van der Waals surface area contributed by atoms with Crippen LogP contribution in [0.4, 0.5) is 10.1 Å². The van der Waals surface area contributed by atoms with E-state index >= 15 is 0 Å². The van der Waals surface area contributed by atoms with Crippen LogP contribution in [-0.2, 0) is 10.3 Å². The SMILES string of the molecule is O=CN(c1ccccc1F)C1(c2ccccc2)CCCC1. The number of para-hydroxylation sites is 1. The third-order valence-corrected chi connectivity index (χ3v) is 4.42. The largest absolute Gasteiger partial charge is 0.302 e. The molecule has 2 aromatic carbocycles. The summed E-state index contributed by atoms with van der Waals surface area (Å²) in [5.74, 6) is -0.355. The van der Waals surface area contributed by atoms with Crippen LogP contribution in [0.5, 0.6) is 0 Å². The summed E-state index contributed by atoms with van der Waals surface area (Å²) >= 11 is 0. The van der Waals surface area contributed by atoms with E-state index in [9.17, 15) is 9.18 Å². The zero-order valence-corrected chi connectivity index (χ0v) is 11.8. The van der Waals surface area contributed by atoms with Gasteiger partial charge in [-0.3, -0.25) is 4.79 Å². The summed E-state index contributed by atoms with van der Waals surface area (Å²) in [6.07, 6.45) is 4.60. The maximum Gasteiger partial charge on any atom is 0.215 e. The minimum Gasteiger partial charge on any atom is -0.302 e. The normalized spacial score (nSPS) is 16.6. The summed E-state index contributed by atoms with van der Waals surface area (Å²) in [6.45, 7) is 0. The molecule has 0 unspecified atom stereocenters. The van der Waals surface area contributed by atoms with E-state index in [1.807, 2.05) is 30.3 Å². The van der Waals surface area contributed by atoms with E-state index in [0.29, 0.717) is 5.69 Å². The fourth-order valence-electron chi connectivity index (χ4n) is 3.41. The quantitative estimate of drug-likeness (QED) is 0.768. The van der Waals surface area contributed by atoms with Crippen LogP contribution in [0.2, 0.25) is 0 Å². The summed E-state index contributed by atoms with van der Waals surface area (Å²) in [6, 6.07) is 16.5. The van der Waals surface area contributed by atoms with Gasteiger partial charge in [-0.25, -0.2) is 4.39 Å². The van der Waals surface area contributed by atoms with Gasteiger partial charge >= 0.3 is 0 Å². The number of amides is 1. The molecule has 0 radical (unpaired) electrons. The number of halogens is 1. The maximum absolute atomic E-state index is 14.2. The molecule has 1 fully saturated rings. The Labute approximate surface area is 124 Å². The lowest BCUT2D eigenvalue weighted by Crippen LogP contribution is -2.44. The number of rotatable bonds is 4. The van der Waals surface area contributed by atoms with Gasteiger partial charge in [-0.05, 0) is 30.5 Å². The van der Waals surface area contributed by atoms with Crippen molar-refractivity contribution < 1.29 is 9.18 Å². The number of carbonyl (C=O) groups excluding carboxylic acids is 1. The van der Waals surface area contributed by atoms with Crippen LogP contribution in [0, 0.1) is 5.82 Å². The Morgan fingerprint density at radius 2 is 1.57 bits per heavy atom. The van der Waals surface area contributed by atoms with E-state index in [2.05, 4.69) is 0 Å². The van der Waals surface area contributed by atoms with Crippen molar-refractivity contribution in [2.24, 2.45) is 0 Å². The highest BCUT2D eigenvalue weighted by Crippen LogP contribution is 2.45. The first-order chi connectivity index (χ1) is 10.3. The van der Waals surface area contributed by atoms with Gasteiger partial charge in [-0.15, -0.1) is 0 Å². The smallest absolute Gasteiger partial charge is 0.215 e. The van der Waals surface area contributed by atoms with Crippen LogP contribution < -0.4 is 4.90 Å². The molecule has 108 valence electrons. The average molecular weight is 283 g/mol. The predicted octanol–water partition coefficient (Wildman–Crippen LogP) is 4.26. The van der Waals surface area contributed by atoms with Crippen LogP contribution in [0.3, 0.4) is 0 Å². The van der Waals surface area contributed by atoms with Gasteiger partial charge in [0, 0.05) is 0 Å². The molecular formula is C18H18FNO. The molecule has 2 nitrogen and oxygen atoms in total. The molecule has 0 atom stereocenters. The van der Waals surface area contributed by atoms with Crippen molar-refractivity contribution in [2.45, 2.75) is 31.2 Å². The molecule has 0 spiro atoms. The Kier molecular flexibility index (Phi) is 3.74. The highest BCUT2D eigenvalue weighted by Gasteiger charge is 2.42. The lowest BCUT2D eigenvalue weighted by atomic mass is 9.86. The lowest BCUT2D eigenvalue weighted by molar-refractivity contribution is -0.108. The molecule has 0 saturated heterocycles. The van der Waals surface area contributed by atoms with Gasteiger partial charge < -0.3 is 4.90 Å². The highest BCUT2D eigenvalue weighted by atomic mass is 19.1. The van der Waals surface area contributed by atoms with Crippen molar-refractivity contribution in [3.63, 3.8) is 0 Å².